The Morgan fingerprint density at radius 2 is 1.68 bits per heavy atom. The van der Waals surface area contributed by atoms with Crippen molar-refractivity contribution >= 4 is 23.4 Å². The van der Waals surface area contributed by atoms with Gasteiger partial charge in [0.05, 0.1) is 5.56 Å². The molecular formula is C15H14N4O3. The topological polar surface area (TPSA) is 114 Å². The van der Waals surface area contributed by atoms with E-state index in [0.29, 0.717) is 0 Å². The van der Waals surface area contributed by atoms with Crippen LogP contribution in [-0.4, -0.2) is 22.7 Å². The minimum atomic E-state index is -1.04. The molecule has 0 fully saturated rings. The molecule has 3 amide bonds. The summed E-state index contributed by atoms with van der Waals surface area (Å²) in [5.74, 6) is -2.66. The fourth-order valence-electron chi connectivity index (χ4n) is 1.69. The number of benzene rings is 1. The van der Waals surface area contributed by atoms with Crippen LogP contribution in [0.3, 0.4) is 0 Å². The summed E-state index contributed by atoms with van der Waals surface area (Å²) >= 11 is 0. The van der Waals surface area contributed by atoms with Crippen molar-refractivity contribution in [3.63, 3.8) is 0 Å². The van der Waals surface area contributed by atoms with Crippen LogP contribution in [0.2, 0.25) is 0 Å². The van der Waals surface area contributed by atoms with Gasteiger partial charge in [-0.1, -0.05) is 12.1 Å². The zero-order valence-corrected chi connectivity index (χ0v) is 11.6. The van der Waals surface area contributed by atoms with Gasteiger partial charge in [0.1, 0.15) is 0 Å². The molecule has 1 aromatic carbocycles. The molecule has 22 heavy (non-hydrogen) atoms. The molecule has 1 heterocycles. The molecule has 0 saturated heterocycles. The second-order valence-electron chi connectivity index (χ2n) is 4.41. The van der Waals surface area contributed by atoms with Gasteiger partial charge in [-0.15, -0.1) is 0 Å². The SMILES string of the molecule is Nc1ccccc1C(=O)NC(=O)C(=O)NCc1ccncc1. The fourth-order valence-corrected chi connectivity index (χ4v) is 1.69. The molecule has 0 saturated carbocycles. The standard InChI is InChI=1S/C15H14N4O3/c16-12-4-2-1-3-11(12)13(20)19-15(22)14(21)18-9-10-5-7-17-8-6-10/h1-8H,9,16H2,(H,18,21)(H,19,20,22). The highest BCUT2D eigenvalue weighted by Crippen LogP contribution is 2.09. The number of nitrogen functional groups attached to an aromatic ring is 1. The Kier molecular flexibility index (Phi) is 4.81. The summed E-state index contributed by atoms with van der Waals surface area (Å²) in [5.41, 5.74) is 6.78. The van der Waals surface area contributed by atoms with E-state index < -0.39 is 17.7 Å². The summed E-state index contributed by atoms with van der Waals surface area (Å²) in [5, 5.41) is 4.40. The largest absolute Gasteiger partial charge is 0.398 e. The zero-order valence-electron chi connectivity index (χ0n) is 11.6. The molecule has 0 atom stereocenters. The maximum Gasteiger partial charge on any atom is 0.316 e. The van der Waals surface area contributed by atoms with E-state index in [0.717, 1.165) is 5.56 Å². The lowest BCUT2D eigenvalue weighted by Gasteiger charge is -2.07. The summed E-state index contributed by atoms with van der Waals surface area (Å²) in [4.78, 5) is 39.0. The van der Waals surface area contributed by atoms with E-state index in [-0.39, 0.29) is 17.8 Å². The van der Waals surface area contributed by atoms with Gasteiger partial charge >= 0.3 is 11.8 Å². The monoisotopic (exact) mass is 298 g/mol. The highest BCUT2D eigenvalue weighted by atomic mass is 16.2. The van der Waals surface area contributed by atoms with Gasteiger partial charge in [0.15, 0.2) is 0 Å². The van der Waals surface area contributed by atoms with Crippen molar-refractivity contribution in [2.45, 2.75) is 6.54 Å². The number of nitrogens with one attached hydrogen (secondary N) is 2. The highest BCUT2D eigenvalue weighted by molar-refractivity contribution is 6.38. The quantitative estimate of drug-likeness (QED) is 0.554. The number of para-hydroxylation sites is 1. The zero-order chi connectivity index (χ0) is 15.9. The van der Waals surface area contributed by atoms with E-state index in [9.17, 15) is 14.4 Å². The van der Waals surface area contributed by atoms with Crippen LogP contribution < -0.4 is 16.4 Å². The van der Waals surface area contributed by atoms with Gasteiger partial charge in [-0.2, -0.15) is 0 Å². The number of nitrogens with two attached hydrogens (primary N) is 1. The minimum Gasteiger partial charge on any atom is -0.398 e. The van der Waals surface area contributed by atoms with Crippen LogP contribution in [0.15, 0.2) is 48.8 Å². The molecule has 2 aromatic rings. The number of carbonyl (C=O) groups excluding carboxylic acids is 3. The van der Waals surface area contributed by atoms with E-state index >= 15 is 0 Å². The lowest BCUT2D eigenvalue weighted by atomic mass is 10.1. The Morgan fingerprint density at radius 1 is 1.00 bits per heavy atom. The number of carbonyl (C=O) groups is 3. The minimum absolute atomic E-state index is 0.137. The van der Waals surface area contributed by atoms with Crippen LogP contribution in [0.25, 0.3) is 0 Å². The first-order valence-electron chi connectivity index (χ1n) is 6.45. The lowest BCUT2D eigenvalue weighted by molar-refractivity contribution is -0.138. The maximum atomic E-state index is 11.9. The van der Waals surface area contributed by atoms with Crippen molar-refractivity contribution in [3.05, 3.63) is 59.9 Å². The smallest absolute Gasteiger partial charge is 0.316 e. The van der Waals surface area contributed by atoms with Gasteiger partial charge < -0.3 is 11.1 Å². The average molecular weight is 298 g/mol. The van der Waals surface area contributed by atoms with Crippen molar-refractivity contribution in [1.29, 1.82) is 0 Å². The van der Waals surface area contributed by atoms with Crippen molar-refractivity contribution in [3.8, 4) is 0 Å². The second-order valence-corrected chi connectivity index (χ2v) is 4.41. The molecule has 2 rings (SSSR count). The van der Waals surface area contributed by atoms with Crippen LogP contribution >= 0.6 is 0 Å². The van der Waals surface area contributed by atoms with E-state index in [1.807, 2.05) is 5.32 Å². The normalized spacial score (nSPS) is 9.82. The number of amides is 3. The predicted molar refractivity (Wildman–Crippen MR) is 79.4 cm³/mol. The van der Waals surface area contributed by atoms with Gasteiger partial charge in [-0.25, -0.2) is 0 Å². The van der Waals surface area contributed by atoms with Crippen LogP contribution in [0.4, 0.5) is 5.69 Å². The van der Waals surface area contributed by atoms with Gasteiger partial charge in [0.25, 0.3) is 5.91 Å². The molecule has 7 nitrogen and oxygen atoms in total. The summed E-state index contributed by atoms with van der Waals surface area (Å²) < 4.78 is 0. The Labute approximate surface area is 126 Å². The van der Waals surface area contributed by atoms with Crippen molar-refractivity contribution in [2.24, 2.45) is 0 Å². The number of pyridine rings is 1. The summed E-state index contributed by atoms with van der Waals surface area (Å²) in [6.07, 6.45) is 3.15. The Morgan fingerprint density at radius 3 is 2.36 bits per heavy atom. The third-order valence-electron chi connectivity index (χ3n) is 2.84. The molecule has 0 aliphatic rings. The first-order chi connectivity index (χ1) is 10.6. The van der Waals surface area contributed by atoms with Gasteiger partial charge in [0.2, 0.25) is 0 Å². The third kappa shape index (κ3) is 3.89. The molecule has 0 aliphatic carbocycles. The number of imide groups is 1. The van der Waals surface area contributed by atoms with Crippen molar-refractivity contribution in [2.75, 3.05) is 5.73 Å². The highest BCUT2D eigenvalue weighted by Gasteiger charge is 2.18. The van der Waals surface area contributed by atoms with Crippen LogP contribution in [0.5, 0.6) is 0 Å². The maximum absolute atomic E-state index is 11.9. The molecular weight excluding hydrogens is 284 g/mol. The second kappa shape index (κ2) is 6.98. The molecule has 0 radical (unpaired) electrons. The number of anilines is 1. The number of aromatic nitrogens is 1. The first kappa shape index (κ1) is 15.2. The van der Waals surface area contributed by atoms with E-state index in [1.54, 1.807) is 36.7 Å². The molecule has 0 spiro atoms. The van der Waals surface area contributed by atoms with Crippen LogP contribution in [0.1, 0.15) is 15.9 Å². The van der Waals surface area contributed by atoms with Crippen LogP contribution in [-0.2, 0) is 16.1 Å². The number of nitrogens with zero attached hydrogens (tertiary/aromatic N) is 1. The number of hydrogen-bond donors (Lipinski definition) is 3. The molecule has 112 valence electrons. The molecule has 0 unspecified atom stereocenters. The van der Waals surface area contributed by atoms with E-state index in [1.165, 1.54) is 12.1 Å². The lowest BCUT2D eigenvalue weighted by Crippen LogP contribution is -2.42. The number of rotatable bonds is 3. The summed E-state index contributed by atoms with van der Waals surface area (Å²) in [6.45, 7) is 0.163. The first-order valence-corrected chi connectivity index (χ1v) is 6.45. The predicted octanol–water partition coefficient (Wildman–Crippen LogP) is 0.237. The average Bonchev–Trinajstić information content (AvgIpc) is 2.53. The van der Waals surface area contributed by atoms with Crippen molar-refractivity contribution in [1.82, 2.24) is 15.6 Å². The molecule has 0 aliphatic heterocycles. The van der Waals surface area contributed by atoms with E-state index in [2.05, 4.69) is 10.3 Å². The summed E-state index contributed by atoms with van der Waals surface area (Å²) in [6, 6.07) is 9.67. The summed E-state index contributed by atoms with van der Waals surface area (Å²) in [7, 11) is 0. The number of hydrogen-bond acceptors (Lipinski definition) is 5. The van der Waals surface area contributed by atoms with Gasteiger partial charge in [-0.3, -0.25) is 24.7 Å². The van der Waals surface area contributed by atoms with Crippen molar-refractivity contribution < 1.29 is 14.4 Å². The van der Waals surface area contributed by atoms with E-state index in [4.69, 9.17) is 5.73 Å². The fraction of sp³-hybridized carbons (Fsp3) is 0.0667. The molecule has 7 heteroatoms. The Bertz CT molecular complexity index is 701. The van der Waals surface area contributed by atoms with Gasteiger partial charge in [0, 0.05) is 24.6 Å². The van der Waals surface area contributed by atoms with Gasteiger partial charge in [-0.05, 0) is 29.8 Å². The Balaban J connectivity index is 1.90. The molecule has 0 bridgehead atoms. The molecule has 1 aromatic heterocycles. The third-order valence-corrected chi connectivity index (χ3v) is 2.84. The molecule has 4 N–H and O–H groups in total. The van der Waals surface area contributed by atoms with Crippen LogP contribution in [0, 0.1) is 0 Å². The Hall–Kier alpha value is -3.22.